The van der Waals surface area contributed by atoms with Gasteiger partial charge in [0.15, 0.2) is 0 Å². The third-order valence-corrected chi connectivity index (χ3v) is 6.25. The van der Waals surface area contributed by atoms with Crippen molar-refractivity contribution in [1.29, 1.82) is 0 Å². The molecule has 6 heteroatoms. The van der Waals surface area contributed by atoms with Crippen LogP contribution in [-0.4, -0.2) is 28.7 Å². The minimum absolute atomic E-state index is 0.155. The van der Waals surface area contributed by atoms with Crippen molar-refractivity contribution in [3.63, 3.8) is 0 Å². The van der Waals surface area contributed by atoms with Gasteiger partial charge in [0.1, 0.15) is 18.1 Å². The summed E-state index contributed by atoms with van der Waals surface area (Å²) >= 11 is 0. The maximum Gasteiger partial charge on any atom is 0.240 e. The van der Waals surface area contributed by atoms with E-state index in [0.717, 1.165) is 22.4 Å². The molecule has 0 radical (unpaired) electrons. The second-order valence-corrected chi connectivity index (χ2v) is 8.69. The molecule has 0 atom stereocenters. The Morgan fingerprint density at radius 2 is 1.74 bits per heavy atom. The highest BCUT2D eigenvalue weighted by Gasteiger charge is 2.20. The van der Waals surface area contributed by atoms with Crippen molar-refractivity contribution in [2.24, 2.45) is 0 Å². The van der Waals surface area contributed by atoms with Crippen molar-refractivity contribution in [1.82, 2.24) is 4.72 Å². The van der Waals surface area contributed by atoms with E-state index in [1.54, 1.807) is 26.2 Å². The second-order valence-electron chi connectivity index (χ2n) is 6.96. The Bertz CT molecular complexity index is 905. The Morgan fingerprint density at radius 3 is 2.37 bits per heavy atom. The molecular weight excluding hydrogens is 362 g/mol. The van der Waals surface area contributed by atoms with Gasteiger partial charge in [-0.25, -0.2) is 13.1 Å². The molecule has 0 heterocycles. The van der Waals surface area contributed by atoms with E-state index in [0.29, 0.717) is 11.3 Å². The molecule has 0 amide bonds. The average molecular weight is 392 g/mol. The zero-order valence-corrected chi connectivity index (χ0v) is 17.7. The smallest absolute Gasteiger partial charge is 0.240 e. The van der Waals surface area contributed by atoms with Crippen LogP contribution in [0.2, 0.25) is 0 Å². The maximum atomic E-state index is 12.8. The predicted octanol–water partition coefficient (Wildman–Crippen LogP) is 4.10. The van der Waals surface area contributed by atoms with Gasteiger partial charge in [-0.2, -0.15) is 0 Å². The molecule has 0 aliphatic heterocycles. The van der Waals surface area contributed by atoms with Crippen LogP contribution in [0.3, 0.4) is 0 Å². The van der Waals surface area contributed by atoms with E-state index in [2.05, 4.69) is 4.72 Å². The highest BCUT2D eigenvalue weighted by Crippen LogP contribution is 2.31. The number of hydrogen-bond donors (Lipinski definition) is 1. The monoisotopic (exact) mass is 391 g/mol. The quantitative estimate of drug-likeness (QED) is 0.688. The van der Waals surface area contributed by atoms with E-state index in [1.807, 2.05) is 45.9 Å². The predicted molar refractivity (Wildman–Crippen MR) is 108 cm³/mol. The third-order valence-electron chi connectivity index (χ3n) is 4.65. The maximum absolute atomic E-state index is 12.8. The first-order valence-electron chi connectivity index (χ1n) is 9.04. The van der Waals surface area contributed by atoms with E-state index >= 15 is 0 Å². The molecule has 2 rings (SSSR count). The van der Waals surface area contributed by atoms with Crippen molar-refractivity contribution in [3.05, 3.63) is 52.6 Å². The van der Waals surface area contributed by atoms with E-state index in [1.165, 1.54) is 0 Å². The summed E-state index contributed by atoms with van der Waals surface area (Å²) in [6, 6.07) is 9.31. The number of hydrogen-bond acceptors (Lipinski definition) is 4. The molecule has 0 unspecified atom stereocenters. The zero-order chi connectivity index (χ0) is 20.2. The van der Waals surface area contributed by atoms with Crippen molar-refractivity contribution >= 4 is 10.0 Å². The summed E-state index contributed by atoms with van der Waals surface area (Å²) in [4.78, 5) is 0.277. The molecule has 0 aliphatic rings. The minimum atomic E-state index is -3.63. The van der Waals surface area contributed by atoms with Gasteiger partial charge in [-0.3, -0.25) is 0 Å². The van der Waals surface area contributed by atoms with Crippen molar-refractivity contribution in [2.75, 3.05) is 20.3 Å². The molecule has 0 fully saturated rings. The molecule has 0 aliphatic carbocycles. The Hall–Kier alpha value is -2.05. The minimum Gasteiger partial charge on any atom is -0.496 e. The summed E-state index contributed by atoms with van der Waals surface area (Å²) in [5, 5.41) is 0. The largest absolute Gasteiger partial charge is 0.496 e. The number of methoxy groups -OCH3 is 1. The lowest BCUT2D eigenvalue weighted by atomic mass is 10.0. The molecule has 1 N–H and O–H groups in total. The second kappa shape index (κ2) is 8.76. The van der Waals surface area contributed by atoms with Gasteiger partial charge in [-0.05, 0) is 67.1 Å². The van der Waals surface area contributed by atoms with Gasteiger partial charge < -0.3 is 9.47 Å². The number of rotatable bonds is 8. The molecule has 27 heavy (non-hydrogen) atoms. The fourth-order valence-electron chi connectivity index (χ4n) is 2.89. The lowest BCUT2D eigenvalue weighted by Crippen LogP contribution is -2.29. The third kappa shape index (κ3) is 5.02. The van der Waals surface area contributed by atoms with Gasteiger partial charge in [0.2, 0.25) is 10.0 Å². The molecule has 2 aromatic carbocycles. The Morgan fingerprint density at radius 1 is 1.04 bits per heavy atom. The van der Waals surface area contributed by atoms with Crippen LogP contribution in [0.1, 0.15) is 42.0 Å². The summed E-state index contributed by atoms with van der Waals surface area (Å²) in [5.74, 6) is 1.64. The first-order valence-corrected chi connectivity index (χ1v) is 10.5. The number of nitrogens with one attached hydrogen (secondary N) is 1. The lowest BCUT2D eigenvalue weighted by molar-refractivity contribution is 0.320. The number of ether oxygens (including phenoxy) is 2. The Kier molecular flexibility index (Phi) is 6.89. The van der Waals surface area contributed by atoms with Crippen LogP contribution in [0.25, 0.3) is 0 Å². The Balaban J connectivity index is 2.10. The summed E-state index contributed by atoms with van der Waals surface area (Å²) in [6.45, 7) is 10.2. The van der Waals surface area contributed by atoms with E-state index in [-0.39, 0.29) is 24.0 Å². The topological polar surface area (TPSA) is 64.6 Å². The average Bonchev–Trinajstić information content (AvgIpc) is 2.61. The SMILES string of the molecule is COc1cc(C)c(S(=O)(=O)NCCOc2cccc(C)c2C)cc1C(C)C. The first-order chi connectivity index (χ1) is 12.7. The van der Waals surface area contributed by atoms with Crippen molar-refractivity contribution in [3.8, 4) is 11.5 Å². The Labute approximate surface area is 162 Å². The van der Waals surface area contributed by atoms with Gasteiger partial charge in [-0.1, -0.05) is 26.0 Å². The molecule has 0 saturated heterocycles. The first kappa shape index (κ1) is 21.3. The lowest BCUT2D eigenvalue weighted by Gasteiger charge is -2.17. The molecule has 148 valence electrons. The van der Waals surface area contributed by atoms with Crippen LogP contribution in [0.15, 0.2) is 35.2 Å². The van der Waals surface area contributed by atoms with Crippen LogP contribution in [-0.2, 0) is 10.0 Å². The van der Waals surface area contributed by atoms with Crippen LogP contribution in [0, 0.1) is 20.8 Å². The summed E-state index contributed by atoms with van der Waals surface area (Å²) in [5.41, 5.74) is 3.73. The summed E-state index contributed by atoms with van der Waals surface area (Å²) < 4.78 is 39.3. The van der Waals surface area contributed by atoms with Gasteiger partial charge in [0.25, 0.3) is 0 Å². The number of sulfonamides is 1. The van der Waals surface area contributed by atoms with Gasteiger partial charge in [-0.15, -0.1) is 0 Å². The van der Waals surface area contributed by atoms with Gasteiger partial charge >= 0.3 is 0 Å². The van der Waals surface area contributed by atoms with Crippen LogP contribution < -0.4 is 14.2 Å². The highest BCUT2D eigenvalue weighted by atomic mass is 32.2. The number of aryl methyl sites for hydroxylation is 2. The summed E-state index contributed by atoms with van der Waals surface area (Å²) in [7, 11) is -2.04. The summed E-state index contributed by atoms with van der Waals surface area (Å²) in [6.07, 6.45) is 0. The van der Waals surface area contributed by atoms with Gasteiger partial charge in [0.05, 0.1) is 12.0 Å². The van der Waals surface area contributed by atoms with E-state index in [4.69, 9.17) is 9.47 Å². The highest BCUT2D eigenvalue weighted by molar-refractivity contribution is 7.89. The zero-order valence-electron chi connectivity index (χ0n) is 16.9. The normalized spacial score (nSPS) is 11.7. The molecule has 0 saturated carbocycles. The molecule has 0 bridgehead atoms. The van der Waals surface area contributed by atoms with Gasteiger partial charge in [0, 0.05) is 6.54 Å². The molecule has 2 aromatic rings. The van der Waals surface area contributed by atoms with Crippen LogP contribution >= 0.6 is 0 Å². The van der Waals surface area contributed by atoms with Crippen molar-refractivity contribution < 1.29 is 17.9 Å². The molecular formula is C21H29NO4S. The van der Waals surface area contributed by atoms with Crippen LogP contribution in [0.5, 0.6) is 11.5 Å². The van der Waals surface area contributed by atoms with Crippen molar-refractivity contribution in [2.45, 2.75) is 45.4 Å². The molecule has 5 nitrogen and oxygen atoms in total. The molecule has 0 aromatic heterocycles. The number of benzene rings is 2. The van der Waals surface area contributed by atoms with Crippen LogP contribution in [0.4, 0.5) is 0 Å². The van der Waals surface area contributed by atoms with E-state index in [9.17, 15) is 8.42 Å². The fourth-order valence-corrected chi connectivity index (χ4v) is 4.16. The fraction of sp³-hybridized carbons (Fsp3) is 0.429. The van der Waals surface area contributed by atoms with E-state index < -0.39 is 10.0 Å². The standard InChI is InChI=1S/C21H29NO4S/c1-14(2)18-13-21(16(4)12-20(18)25-6)27(23,24)22-10-11-26-19-9-7-8-15(3)17(19)5/h7-9,12-14,22H,10-11H2,1-6H3. The molecule has 0 spiro atoms.